The third-order valence-corrected chi connectivity index (χ3v) is 12.8. The second-order valence-electron chi connectivity index (χ2n) is 11.0. The van der Waals surface area contributed by atoms with Crippen LogP contribution in [-0.4, -0.2) is 67.1 Å². The summed E-state index contributed by atoms with van der Waals surface area (Å²) in [6, 6.07) is 2.79. The predicted molar refractivity (Wildman–Crippen MR) is 134 cm³/mol. The zero-order valence-electron chi connectivity index (χ0n) is 22.2. The van der Waals surface area contributed by atoms with Gasteiger partial charge in [0.1, 0.15) is 17.3 Å². The van der Waals surface area contributed by atoms with Crippen molar-refractivity contribution >= 4 is 35.6 Å². The van der Waals surface area contributed by atoms with E-state index in [1.165, 1.54) is 54.7 Å². The molecule has 0 spiro atoms. The van der Waals surface area contributed by atoms with E-state index >= 15 is 0 Å². The van der Waals surface area contributed by atoms with Gasteiger partial charge in [-0.3, -0.25) is 4.79 Å². The van der Waals surface area contributed by atoms with Crippen LogP contribution in [0.15, 0.2) is 27.1 Å². The van der Waals surface area contributed by atoms with Gasteiger partial charge < -0.3 is 4.74 Å². The number of carbonyl (C=O) groups excluding carboxylic acids is 1. The van der Waals surface area contributed by atoms with Gasteiger partial charge in [-0.15, -0.1) is 5.10 Å². The zero-order valence-corrected chi connectivity index (χ0v) is 24.7. The Morgan fingerprint density at radius 2 is 1.51 bits per heavy atom. The fourth-order valence-electron chi connectivity index (χ4n) is 3.61. The molecule has 1 aromatic carbocycles. The molecule has 0 saturated carbocycles. The Hall–Kier alpha value is -2.52. The number of ether oxygens (including phenoxy) is 1. The van der Waals surface area contributed by atoms with Crippen molar-refractivity contribution in [2.75, 3.05) is 7.11 Å². The Morgan fingerprint density at radius 3 is 1.97 bits per heavy atom. The smallest absolute Gasteiger partial charge is 0.270 e. The molecule has 206 valence electrons. The van der Waals surface area contributed by atoms with Crippen molar-refractivity contribution in [3.05, 3.63) is 23.3 Å². The van der Waals surface area contributed by atoms with Gasteiger partial charge >= 0.3 is 0 Å². The largest absolute Gasteiger partial charge is 0.497 e. The average Bonchev–Trinajstić information content (AvgIpc) is 3.26. The number of fused-ring (bicyclic) bond motifs is 1. The highest BCUT2D eigenvalue weighted by Gasteiger charge is 2.48. The monoisotopic (exact) mass is 576 g/mol. The van der Waals surface area contributed by atoms with E-state index in [2.05, 4.69) is 10.3 Å². The van der Waals surface area contributed by atoms with E-state index < -0.39 is 61.8 Å². The molecule has 1 aliphatic rings. The third-order valence-electron chi connectivity index (χ3n) is 6.02. The predicted octanol–water partition coefficient (Wildman–Crippen LogP) is 2.36. The van der Waals surface area contributed by atoms with Gasteiger partial charge in [0.25, 0.3) is 15.9 Å². The second kappa shape index (κ2) is 8.76. The molecule has 0 atom stereocenters. The van der Waals surface area contributed by atoms with Gasteiger partial charge in [-0.05, 0) is 59.1 Å². The summed E-state index contributed by atoms with van der Waals surface area (Å²) >= 11 is 0. The van der Waals surface area contributed by atoms with Gasteiger partial charge in [-0.2, -0.15) is 0 Å². The van der Waals surface area contributed by atoms with Gasteiger partial charge in [-0.25, -0.2) is 34.2 Å². The van der Waals surface area contributed by atoms with Crippen molar-refractivity contribution < 1.29 is 34.8 Å². The van der Waals surface area contributed by atoms with Crippen molar-refractivity contribution in [3.8, 4) is 5.75 Å². The molecular formula is C22H32N4O8S3. The highest BCUT2D eigenvalue weighted by atomic mass is 32.2. The number of sulfonamides is 1. The molecule has 15 heteroatoms. The quantitative estimate of drug-likeness (QED) is 0.499. The van der Waals surface area contributed by atoms with Crippen LogP contribution < -0.4 is 4.74 Å². The lowest BCUT2D eigenvalue weighted by molar-refractivity contribution is 0.0833. The van der Waals surface area contributed by atoms with Crippen LogP contribution in [-0.2, 0) is 36.4 Å². The summed E-state index contributed by atoms with van der Waals surface area (Å²) in [5.74, 6) is -0.901. The molecule has 0 N–H and O–H groups in total. The first-order valence-electron chi connectivity index (χ1n) is 11.3. The molecule has 1 aromatic heterocycles. The van der Waals surface area contributed by atoms with Crippen LogP contribution in [0.4, 0.5) is 0 Å². The standard InChI is InChI=1S/C22H32N4O8S3/c1-13(2)15-10-14(34-9)11-16-17(15)19(27)26(37(16,32)33)12-25-20(36(30,31)22(6,7)8)18(23-24-25)35(28,29)21(3,4)5/h10-11,13H,12H2,1-9H3. The first-order valence-corrected chi connectivity index (χ1v) is 15.7. The minimum atomic E-state index is -4.46. The number of nitrogens with zero attached hydrogens (tertiary/aromatic N) is 4. The Morgan fingerprint density at radius 1 is 0.973 bits per heavy atom. The lowest BCUT2D eigenvalue weighted by Crippen LogP contribution is -2.37. The number of carbonyl (C=O) groups is 1. The number of benzene rings is 1. The Labute approximate surface area is 217 Å². The number of aromatic nitrogens is 3. The lowest BCUT2D eigenvalue weighted by atomic mass is 9.96. The number of amides is 1. The van der Waals surface area contributed by atoms with Crippen LogP contribution in [0, 0.1) is 0 Å². The van der Waals surface area contributed by atoms with Gasteiger partial charge in [0, 0.05) is 6.07 Å². The van der Waals surface area contributed by atoms with Gasteiger partial charge in [0.2, 0.25) is 24.7 Å². The van der Waals surface area contributed by atoms with Crippen molar-refractivity contribution in [2.24, 2.45) is 0 Å². The molecule has 2 heterocycles. The van der Waals surface area contributed by atoms with Crippen LogP contribution in [0.2, 0.25) is 0 Å². The average molecular weight is 577 g/mol. The van der Waals surface area contributed by atoms with E-state index in [-0.39, 0.29) is 22.1 Å². The molecule has 0 fully saturated rings. The Bertz CT molecular complexity index is 1590. The summed E-state index contributed by atoms with van der Waals surface area (Å²) in [5, 5.41) is 5.80. The topological polar surface area (TPSA) is 163 Å². The summed E-state index contributed by atoms with van der Waals surface area (Å²) in [7, 11) is -11.9. The van der Waals surface area contributed by atoms with E-state index in [9.17, 15) is 30.0 Å². The van der Waals surface area contributed by atoms with Crippen LogP contribution in [0.1, 0.15) is 77.2 Å². The minimum absolute atomic E-state index is 0.0568. The fourth-order valence-corrected chi connectivity index (χ4v) is 8.09. The maximum Gasteiger partial charge on any atom is 0.270 e. The van der Waals surface area contributed by atoms with Crippen LogP contribution in [0.3, 0.4) is 0 Å². The number of hydrogen-bond acceptors (Lipinski definition) is 10. The summed E-state index contributed by atoms with van der Waals surface area (Å²) in [4.78, 5) is 13.2. The molecular weight excluding hydrogens is 544 g/mol. The molecule has 0 bridgehead atoms. The SMILES string of the molecule is COc1cc(C(C)C)c2c(c1)S(=O)(=O)N(Cn1nnc(S(=O)(=O)C(C)(C)C)c1S(=O)(=O)C(C)(C)C)C2=O. The van der Waals surface area contributed by atoms with Crippen molar-refractivity contribution in [1.82, 2.24) is 19.3 Å². The molecule has 0 radical (unpaired) electrons. The van der Waals surface area contributed by atoms with E-state index in [0.717, 1.165) is 0 Å². The summed E-state index contributed by atoms with van der Waals surface area (Å²) in [6.45, 7) is 10.9. The van der Waals surface area contributed by atoms with Crippen molar-refractivity contribution in [2.45, 2.75) is 92.4 Å². The van der Waals surface area contributed by atoms with Crippen LogP contribution >= 0.6 is 0 Å². The molecule has 0 aliphatic carbocycles. The highest BCUT2D eigenvalue weighted by molar-refractivity contribution is 7.95. The molecule has 3 rings (SSSR count). The van der Waals surface area contributed by atoms with E-state index in [4.69, 9.17) is 4.74 Å². The minimum Gasteiger partial charge on any atom is -0.497 e. The van der Waals surface area contributed by atoms with Gasteiger partial charge in [0.15, 0.2) is 5.03 Å². The Kier molecular flexibility index (Phi) is 6.88. The molecule has 0 saturated heterocycles. The van der Waals surface area contributed by atoms with Gasteiger partial charge in [0.05, 0.1) is 22.2 Å². The second-order valence-corrected chi connectivity index (χ2v) is 18.0. The van der Waals surface area contributed by atoms with E-state index in [0.29, 0.717) is 14.6 Å². The molecule has 12 nitrogen and oxygen atoms in total. The molecule has 37 heavy (non-hydrogen) atoms. The molecule has 0 unspecified atom stereocenters. The number of sulfone groups is 2. The van der Waals surface area contributed by atoms with E-state index in [1.807, 2.05) is 0 Å². The molecule has 1 amide bonds. The zero-order chi connectivity index (χ0) is 28.5. The van der Waals surface area contributed by atoms with Crippen LogP contribution in [0.25, 0.3) is 0 Å². The normalized spacial score (nSPS) is 16.4. The maximum atomic E-state index is 13.6. The first kappa shape index (κ1) is 29.0. The van der Waals surface area contributed by atoms with Crippen molar-refractivity contribution in [1.29, 1.82) is 0 Å². The third kappa shape index (κ3) is 4.44. The summed E-state index contributed by atoms with van der Waals surface area (Å²) < 4.78 is 84.0. The maximum absolute atomic E-state index is 13.6. The molecule has 1 aliphatic heterocycles. The first-order chi connectivity index (χ1) is 16.6. The fraction of sp³-hybridized carbons (Fsp3) is 0.591. The lowest BCUT2D eigenvalue weighted by Gasteiger charge is -2.23. The number of rotatable bonds is 6. The summed E-state index contributed by atoms with van der Waals surface area (Å²) in [5.41, 5.74) is 0.376. The molecule has 2 aromatic rings. The highest BCUT2D eigenvalue weighted by Crippen LogP contribution is 2.40. The summed E-state index contributed by atoms with van der Waals surface area (Å²) in [6.07, 6.45) is 0. The number of methoxy groups -OCH3 is 1. The Balaban J connectivity index is 2.29. The van der Waals surface area contributed by atoms with Gasteiger partial charge in [-0.1, -0.05) is 19.1 Å². The van der Waals surface area contributed by atoms with E-state index in [1.54, 1.807) is 19.9 Å². The number of hydrogen-bond donors (Lipinski definition) is 0. The van der Waals surface area contributed by atoms with Crippen molar-refractivity contribution in [3.63, 3.8) is 0 Å². The van der Waals surface area contributed by atoms with Crippen LogP contribution in [0.5, 0.6) is 5.75 Å².